The van der Waals surface area contributed by atoms with Gasteiger partial charge in [0.05, 0.1) is 10.6 Å². The lowest BCUT2D eigenvalue weighted by atomic mass is 10.2. The Hall–Kier alpha value is -1.29. The summed E-state index contributed by atoms with van der Waals surface area (Å²) >= 11 is 6.07. The molecule has 1 aromatic rings. The SMILES string of the molecule is CNc1cc(C(=O)N2CCCCCC2)c(Cl)cn1. The molecule has 98 valence electrons. The predicted octanol–water partition coefficient (Wildman–Crippen LogP) is 2.79. The highest BCUT2D eigenvalue weighted by molar-refractivity contribution is 6.33. The fourth-order valence-corrected chi connectivity index (χ4v) is 2.37. The van der Waals surface area contributed by atoms with E-state index in [4.69, 9.17) is 11.6 Å². The van der Waals surface area contributed by atoms with E-state index in [9.17, 15) is 4.79 Å². The Balaban J connectivity index is 2.21. The molecular formula is C13H18ClN3O. The van der Waals surface area contributed by atoms with Gasteiger partial charge in [-0.05, 0) is 18.9 Å². The van der Waals surface area contributed by atoms with Gasteiger partial charge in [-0.2, -0.15) is 0 Å². The highest BCUT2D eigenvalue weighted by Gasteiger charge is 2.20. The van der Waals surface area contributed by atoms with Crippen molar-refractivity contribution >= 4 is 23.3 Å². The Kier molecular flexibility index (Phi) is 4.42. The second kappa shape index (κ2) is 6.05. The molecule has 0 unspecified atom stereocenters. The van der Waals surface area contributed by atoms with Crippen LogP contribution in [0.2, 0.25) is 5.02 Å². The smallest absolute Gasteiger partial charge is 0.255 e. The van der Waals surface area contributed by atoms with E-state index in [0.29, 0.717) is 16.4 Å². The summed E-state index contributed by atoms with van der Waals surface area (Å²) in [5, 5.41) is 3.34. The topological polar surface area (TPSA) is 45.2 Å². The molecular weight excluding hydrogens is 250 g/mol. The molecule has 0 aromatic carbocycles. The lowest BCUT2D eigenvalue weighted by Crippen LogP contribution is -2.32. The summed E-state index contributed by atoms with van der Waals surface area (Å²) in [4.78, 5) is 18.4. The Morgan fingerprint density at radius 3 is 2.61 bits per heavy atom. The van der Waals surface area contributed by atoms with E-state index >= 15 is 0 Å². The summed E-state index contributed by atoms with van der Waals surface area (Å²) in [5.41, 5.74) is 0.540. The number of anilines is 1. The van der Waals surface area contributed by atoms with Gasteiger partial charge in [0.2, 0.25) is 0 Å². The summed E-state index contributed by atoms with van der Waals surface area (Å²) in [6, 6.07) is 1.72. The zero-order chi connectivity index (χ0) is 13.0. The van der Waals surface area contributed by atoms with Crippen LogP contribution >= 0.6 is 11.6 Å². The number of hydrogen-bond acceptors (Lipinski definition) is 3. The minimum Gasteiger partial charge on any atom is -0.373 e. The van der Waals surface area contributed by atoms with Crippen molar-refractivity contribution in [3.8, 4) is 0 Å². The molecule has 0 radical (unpaired) electrons. The van der Waals surface area contributed by atoms with Crippen LogP contribution in [0.5, 0.6) is 0 Å². The molecule has 1 saturated heterocycles. The van der Waals surface area contributed by atoms with Gasteiger partial charge in [-0.25, -0.2) is 4.98 Å². The van der Waals surface area contributed by atoms with Crippen molar-refractivity contribution in [1.82, 2.24) is 9.88 Å². The second-order valence-corrected chi connectivity index (χ2v) is 4.91. The number of aromatic nitrogens is 1. The number of likely N-dealkylation sites (tertiary alicyclic amines) is 1. The Labute approximate surface area is 112 Å². The van der Waals surface area contributed by atoms with Gasteiger partial charge in [0, 0.05) is 26.3 Å². The fourth-order valence-electron chi connectivity index (χ4n) is 2.18. The van der Waals surface area contributed by atoms with E-state index in [2.05, 4.69) is 10.3 Å². The normalized spacial score (nSPS) is 16.2. The first-order chi connectivity index (χ1) is 8.72. The molecule has 1 aliphatic rings. The van der Waals surface area contributed by atoms with E-state index in [1.807, 2.05) is 4.90 Å². The first-order valence-corrected chi connectivity index (χ1v) is 6.72. The molecule has 0 bridgehead atoms. The number of amides is 1. The van der Waals surface area contributed by atoms with E-state index in [-0.39, 0.29) is 5.91 Å². The molecule has 1 fully saturated rings. The zero-order valence-electron chi connectivity index (χ0n) is 10.6. The number of rotatable bonds is 2. The van der Waals surface area contributed by atoms with Crippen molar-refractivity contribution in [2.75, 3.05) is 25.5 Å². The number of hydrogen-bond donors (Lipinski definition) is 1. The number of carbonyl (C=O) groups is 1. The highest BCUT2D eigenvalue weighted by atomic mass is 35.5. The molecule has 5 heteroatoms. The molecule has 0 spiro atoms. The van der Waals surface area contributed by atoms with Crippen molar-refractivity contribution in [2.45, 2.75) is 25.7 Å². The minimum absolute atomic E-state index is 0.0146. The summed E-state index contributed by atoms with van der Waals surface area (Å²) in [6.45, 7) is 1.65. The van der Waals surface area contributed by atoms with Crippen molar-refractivity contribution in [3.63, 3.8) is 0 Å². The van der Waals surface area contributed by atoms with Gasteiger partial charge in [-0.1, -0.05) is 24.4 Å². The van der Waals surface area contributed by atoms with Gasteiger partial charge in [-0.3, -0.25) is 4.79 Å². The van der Waals surface area contributed by atoms with Crippen LogP contribution < -0.4 is 5.32 Å². The summed E-state index contributed by atoms with van der Waals surface area (Å²) < 4.78 is 0. The first-order valence-electron chi connectivity index (χ1n) is 6.35. The van der Waals surface area contributed by atoms with Gasteiger partial charge < -0.3 is 10.2 Å². The Bertz CT molecular complexity index is 428. The van der Waals surface area contributed by atoms with E-state index < -0.39 is 0 Å². The van der Waals surface area contributed by atoms with Crippen LogP contribution in [0.25, 0.3) is 0 Å². The lowest BCUT2D eigenvalue weighted by molar-refractivity contribution is 0.0762. The number of pyridine rings is 1. The Morgan fingerprint density at radius 2 is 2.00 bits per heavy atom. The monoisotopic (exact) mass is 267 g/mol. The maximum Gasteiger partial charge on any atom is 0.255 e. The quantitative estimate of drug-likeness (QED) is 0.896. The number of halogens is 1. The predicted molar refractivity (Wildman–Crippen MR) is 73.2 cm³/mol. The van der Waals surface area contributed by atoms with Gasteiger partial charge >= 0.3 is 0 Å². The third-order valence-electron chi connectivity index (χ3n) is 3.24. The molecule has 2 rings (SSSR count). The highest BCUT2D eigenvalue weighted by Crippen LogP contribution is 2.21. The standard InChI is InChI=1S/C13H18ClN3O/c1-15-12-8-10(11(14)9-16-12)13(18)17-6-4-2-3-5-7-17/h8-9H,2-7H2,1H3,(H,15,16). The van der Waals surface area contributed by atoms with Crippen LogP contribution in [0.1, 0.15) is 36.0 Å². The second-order valence-electron chi connectivity index (χ2n) is 4.51. The van der Waals surface area contributed by atoms with Gasteiger partial charge in [0.1, 0.15) is 5.82 Å². The van der Waals surface area contributed by atoms with Crippen LogP contribution in [-0.2, 0) is 0 Å². The van der Waals surface area contributed by atoms with Crippen LogP contribution in [0.15, 0.2) is 12.3 Å². The summed E-state index contributed by atoms with van der Waals surface area (Å²) in [5.74, 6) is 0.679. The third kappa shape index (κ3) is 2.93. The van der Waals surface area contributed by atoms with Gasteiger partial charge in [0.15, 0.2) is 0 Å². The number of nitrogens with one attached hydrogen (secondary N) is 1. The molecule has 4 nitrogen and oxygen atoms in total. The largest absolute Gasteiger partial charge is 0.373 e. The van der Waals surface area contributed by atoms with Crippen LogP contribution in [0.4, 0.5) is 5.82 Å². The molecule has 0 aliphatic carbocycles. The van der Waals surface area contributed by atoms with E-state index in [1.54, 1.807) is 13.1 Å². The van der Waals surface area contributed by atoms with Gasteiger partial charge in [0.25, 0.3) is 5.91 Å². The lowest BCUT2D eigenvalue weighted by Gasteiger charge is -2.21. The average molecular weight is 268 g/mol. The maximum absolute atomic E-state index is 12.4. The molecule has 2 heterocycles. The minimum atomic E-state index is 0.0146. The molecule has 1 aliphatic heterocycles. The van der Waals surface area contributed by atoms with Crippen molar-refractivity contribution in [3.05, 3.63) is 22.8 Å². The average Bonchev–Trinajstić information content (AvgIpc) is 2.67. The van der Waals surface area contributed by atoms with E-state index in [0.717, 1.165) is 25.9 Å². The molecule has 18 heavy (non-hydrogen) atoms. The molecule has 1 amide bonds. The van der Waals surface area contributed by atoms with Crippen molar-refractivity contribution < 1.29 is 4.79 Å². The maximum atomic E-state index is 12.4. The van der Waals surface area contributed by atoms with Crippen LogP contribution in [0, 0.1) is 0 Å². The molecule has 0 atom stereocenters. The van der Waals surface area contributed by atoms with E-state index in [1.165, 1.54) is 19.0 Å². The third-order valence-corrected chi connectivity index (χ3v) is 3.54. The molecule has 1 aromatic heterocycles. The molecule has 1 N–H and O–H groups in total. The zero-order valence-corrected chi connectivity index (χ0v) is 11.3. The Morgan fingerprint density at radius 1 is 1.33 bits per heavy atom. The summed E-state index contributed by atoms with van der Waals surface area (Å²) in [6.07, 6.45) is 6.09. The van der Waals surface area contributed by atoms with Gasteiger partial charge in [-0.15, -0.1) is 0 Å². The molecule has 0 saturated carbocycles. The number of carbonyl (C=O) groups excluding carboxylic acids is 1. The van der Waals surface area contributed by atoms with Crippen LogP contribution in [-0.4, -0.2) is 35.9 Å². The summed E-state index contributed by atoms with van der Waals surface area (Å²) in [7, 11) is 1.77. The van der Waals surface area contributed by atoms with Crippen LogP contribution in [0.3, 0.4) is 0 Å². The fraction of sp³-hybridized carbons (Fsp3) is 0.538. The first kappa shape index (κ1) is 13.1. The van der Waals surface area contributed by atoms with Crippen molar-refractivity contribution in [2.24, 2.45) is 0 Å². The van der Waals surface area contributed by atoms with Crippen molar-refractivity contribution in [1.29, 1.82) is 0 Å². The number of nitrogens with zero attached hydrogens (tertiary/aromatic N) is 2.